The number of piperidine rings is 1. The van der Waals surface area contributed by atoms with Gasteiger partial charge in [0, 0.05) is 36.1 Å². The van der Waals surface area contributed by atoms with E-state index in [2.05, 4.69) is 20.5 Å². The van der Waals surface area contributed by atoms with E-state index in [-0.39, 0.29) is 47.6 Å². The van der Waals surface area contributed by atoms with Crippen LogP contribution in [0.15, 0.2) is 18.3 Å². The van der Waals surface area contributed by atoms with Gasteiger partial charge in [-0.3, -0.25) is 14.7 Å². The molecular formula is C25H29F4N5O5. The van der Waals surface area contributed by atoms with Gasteiger partial charge in [-0.2, -0.15) is 18.3 Å². The molecule has 0 radical (unpaired) electrons. The van der Waals surface area contributed by atoms with Gasteiger partial charge in [0.25, 0.3) is 5.91 Å². The summed E-state index contributed by atoms with van der Waals surface area (Å²) in [4.78, 5) is 31.8. The standard InChI is InChI=1S/C25H29F4N5O5/c1-39-20-8-14(15(26)12-30-20)17-9-18(33-32-17)22(37)34-7-3-13(10-23(34)5-6-23)21(36)31-16-2-4-24(38,11-19(16)35)25(27,28)29/h8-9,12-13,16,19,35,38H,2-7,10-11H2,1H3,(H,31,36)(H,32,33)/t13-,16-,19+,24+/m0/s1. The molecule has 3 fully saturated rings. The molecule has 0 bridgehead atoms. The van der Waals surface area contributed by atoms with E-state index < -0.39 is 54.0 Å². The smallest absolute Gasteiger partial charge is 0.417 e. The van der Waals surface area contributed by atoms with Crippen LogP contribution in [0.4, 0.5) is 17.6 Å². The summed E-state index contributed by atoms with van der Waals surface area (Å²) in [5, 5.41) is 29.5. The maximum atomic E-state index is 14.3. The number of aliphatic hydroxyl groups excluding tert-OH is 1. The Morgan fingerprint density at radius 3 is 2.59 bits per heavy atom. The third kappa shape index (κ3) is 5.07. The van der Waals surface area contributed by atoms with Crippen molar-refractivity contribution in [1.82, 2.24) is 25.4 Å². The fraction of sp³-hybridized carbons (Fsp3) is 0.600. The molecule has 14 heteroatoms. The Kier molecular flexibility index (Phi) is 6.82. The van der Waals surface area contributed by atoms with Gasteiger partial charge in [0.1, 0.15) is 0 Å². The van der Waals surface area contributed by atoms with Crippen molar-refractivity contribution in [2.45, 2.75) is 74.4 Å². The van der Waals surface area contributed by atoms with Crippen LogP contribution < -0.4 is 10.1 Å². The van der Waals surface area contributed by atoms with Gasteiger partial charge in [-0.1, -0.05) is 0 Å². The molecule has 2 aliphatic carbocycles. The number of rotatable bonds is 5. The molecule has 3 heterocycles. The molecule has 39 heavy (non-hydrogen) atoms. The second-order valence-corrected chi connectivity index (χ2v) is 10.7. The number of nitrogens with zero attached hydrogens (tertiary/aromatic N) is 3. The maximum Gasteiger partial charge on any atom is 0.417 e. The van der Waals surface area contributed by atoms with Crippen molar-refractivity contribution < 1.29 is 42.1 Å². The molecule has 2 aromatic heterocycles. The number of aliphatic hydroxyl groups is 2. The first-order valence-electron chi connectivity index (χ1n) is 12.7. The van der Waals surface area contributed by atoms with Gasteiger partial charge in [-0.15, -0.1) is 0 Å². The first kappa shape index (κ1) is 27.3. The number of ether oxygens (including phenoxy) is 1. The van der Waals surface area contributed by atoms with Gasteiger partial charge in [-0.05, 0) is 44.6 Å². The summed E-state index contributed by atoms with van der Waals surface area (Å²) in [5.74, 6) is -1.65. The van der Waals surface area contributed by atoms with Crippen LogP contribution >= 0.6 is 0 Å². The van der Waals surface area contributed by atoms with Crippen molar-refractivity contribution in [2.24, 2.45) is 5.92 Å². The normalized spacial score (nSPS) is 28.3. The average Bonchev–Trinajstić information content (AvgIpc) is 3.46. The van der Waals surface area contributed by atoms with Crippen LogP contribution in [0.5, 0.6) is 5.88 Å². The predicted molar refractivity (Wildman–Crippen MR) is 127 cm³/mol. The maximum absolute atomic E-state index is 14.3. The van der Waals surface area contributed by atoms with E-state index in [9.17, 15) is 37.4 Å². The highest BCUT2D eigenvalue weighted by Crippen LogP contribution is 2.50. The number of methoxy groups -OCH3 is 1. The number of halogens is 4. The Morgan fingerprint density at radius 1 is 1.21 bits per heavy atom. The lowest BCUT2D eigenvalue weighted by Gasteiger charge is -2.42. The number of carbonyl (C=O) groups excluding carboxylic acids is 2. The van der Waals surface area contributed by atoms with Crippen molar-refractivity contribution in [3.8, 4) is 17.1 Å². The Bertz CT molecular complexity index is 1270. The Hall–Kier alpha value is -3.26. The largest absolute Gasteiger partial charge is 0.481 e. The third-order valence-corrected chi connectivity index (χ3v) is 8.21. The van der Waals surface area contributed by atoms with E-state index in [4.69, 9.17) is 4.74 Å². The molecule has 0 aromatic carbocycles. The number of aromatic amines is 1. The topological polar surface area (TPSA) is 141 Å². The molecule has 2 aromatic rings. The zero-order chi connectivity index (χ0) is 28.2. The van der Waals surface area contributed by atoms with Gasteiger partial charge >= 0.3 is 6.18 Å². The molecule has 1 aliphatic heterocycles. The van der Waals surface area contributed by atoms with E-state index in [0.29, 0.717) is 25.7 Å². The number of nitrogens with one attached hydrogen (secondary N) is 2. The molecule has 10 nitrogen and oxygen atoms in total. The molecule has 1 spiro atoms. The Labute approximate surface area is 220 Å². The summed E-state index contributed by atoms with van der Waals surface area (Å²) in [7, 11) is 1.40. The molecule has 4 N–H and O–H groups in total. The van der Waals surface area contributed by atoms with Gasteiger partial charge < -0.3 is 25.2 Å². The van der Waals surface area contributed by atoms with Crippen LogP contribution in [-0.4, -0.2) is 85.2 Å². The summed E-state index contributed by atoms with van der Waals surface area (Å²) < 4.78 is 58.7. The fourth-order valence-electron chi connectivity index (χ4n) is 5.70. The van der Waals surface area contributed by atoms with Crippen LogP contribution in [0.25, 0.3) is 11.3 Å². The third-order valence-electron chi connectivity index (χ3n) is 8.21. The van der Waals surface area contributed by atoms with Gasteiger partial charge in [0.05, 0.1) is 31.1 Å². The Balaban J connectivity index is 1.22. The van der Waals surface area contributed by atoms with Crippen molar-refractivity contribution in [1.29, 1.82) is 0 Å². The first-order chi connectivity index (χ1) is 18.4. The summed E-state index contributed by atoms with van der Waals surface area (Å²) in [6, 6.07) is 1.93. The van der Waals surface area contributed by atoms with Crippen molar-refractivity contribution >= 4 is 11.8 Å². The predicted octanol–water partition coefficient (Wildman–Crippen LogP) is 2.33. The van der Waals surface area contributed by atoms with E-state index >= 15 is 0 Å². The lowest BCUT2D eigenvalue weighted by Crippen LogP contribution is -2.58. The van der Waals surface area contributed by atoms with E-state index in [0.717, 1.165) is 6.20 Å². The number of H-pyrrole nitrogens is 1. The molecule has 1 saturated heterocycles. The van der Waals surface area contributed by atoms with Crippen LogP contribution in [-0.2, 0) is 4.79 Å². The second kappa shape index (κ2) is 9.73. The molecule has 3 aliphatic rings. The van der Waals surface area contributed by atoms with E-state index in [1.54, 1.807) is 4.90 Å². The fourth-order valence-corrected chi connectivity index (χ4v) is 5.70. The van der Waals surface area contributed by atoms with Crippen molar-refractivity contribution in [3.63, 3.8) is 0 Å². The Morgan fingerprint density at radius 2 is 1.95 bits per heavy atom. The average molecular weight is 556 g/mol. The molecule has 2 amide bonds. The molecule has 2 saturated carbocycles. The summed E-state index contributed by atoms with van der Waals surface area (Å²) in [6.45, 7) is 0.262. The van der Waals surface area contributed by atoms with Crippen molar-refractivity contribution in [3.05, 3.63) is 29.8 Å². The highest BCUT2D eigenvalue weighted by Gasteiger charge is 2.58. The molecular weight excluding hydrogens is 526 g/mol. The van der Waals surface area contributed by atoms with Gasteiger partial charge in [-0.25, -0.2) is 9.37 Å². The highest BCUT2D eigenvalue weighted by molar-refractivity contribution is 5.94. The number of carbonyl (C=O) groups is 2. The van der Waals surface area contributed by atoms with Crippen molar-refractivity contribution in [2.75, 3.05) is 13.7 Å². The zero-order valence-corrected chi connectivity index (χ0v) is 21.1. The van der Waals surface area contributed by atoms with E-state index in [1.165, 1.54) is 19.2 Å². The van der Waals surface area contributed by atoms with Crippen LogP contribution in [0.2, 0.25) is 0 Å². The number of aromatic nitrogens is 3. The van der Waals surface area contributed by atoms with Crippen LogP contribution in [0, 0.1) is 11.7 Å². The minimum Gasteiger partial charge on any atom is -0.481 e. The molecule has 5 rings (SSSR count). The van der Waals surface area contributed by atoms with Gasteiger partial charge in [0.2, 0.25) is 11.8 Å². The van der Waals surface area contributed by atoms with E-state index in [1.807, 2.05) is 0 Å². The minimum atomic E-state index is -4.87. The summed E-state index contributed by atoms with van der Waals surface area (Å²) >= 11 is 0. The van der Waals surface area contributed by atoms with Gasteiger partial charge in [0.15, 0.2) is 17.1 Å². The first-order valence-corrected chi connectivity index (χ1v) is 12.7. The lowest BCUT2D eigenvalue weighted by molar-refractivity contribution is -0.279. The second-order valence-electron chi connectivity index (χ2n) is 10.7. The number of hydrogen-bond donors (Lipinski definition) is 4. The monoisotopic (exact) mass is 555 g/mol. The highest BCUT2D eigenvalue weighted by atomic mass is 19.4. The van der Waals surface area contributed by atoms with Crippen LogP contribution in [0.1, 0.15) is 55.4 Å². The summed E-state index contributed by atoms with van der Waals surface area (Å²) in [6.07, 6.45) is -5.07. The van der Waals surface area contributed by atoms with Crippen LogP contribution in [0.3, 0.4) is 0 Å². The molecule has 4 atom stereocenters. The number of amides is 2. The number of likely N-dealkylation sites (tertiary alicyclic amines) is 1. The molecule has 212 valence electrons. The zero-order valence-electron chi connectivity index (χ0n) is 21.1. The molecule has 0 unspecified atom stereocenters. The summed E-state index contributed by atoms with van der Waals surface area (Å²) in [5.41, 5.74) is -3.00. The SMILES string of the molecule is COc1cc(-c2cc(C(=O)N3CC[C@H](C(=O)N[C@H]4CC[C@](O)(C(F)(F)F)C[C@H]4O)CC34CC4)n[nH]2)c(F)cn1. The number of hydrogen-bond acceptors (Lipinski definition) is 7. The lowest BCUT2D eigenvalue weighted by atomic mass is 9.79. The minimum absolute atomic E-state index is 0.0943. The number of alkyl halides is 3. The quantitative estimate of drug-likeness (QED) is 0.415. The number of pyridine rings is 1.